The summed E-state index contributed by atoms with van der Waals surface area (Å²) in [5.74, 6) is 0.485. The quantitative estimate of drug-likeness (QED) is 0.165. The highest BCUT2D eigenvalue weighted by atomic mass is 32.1. The molecule has 2 aromatic heterocycles. The summed E-state index contributed by atoms with van der Waals surface area (Å²) in [6.45, 7) is 3.12. The highest BCUT2D eigenvalue weighted by Gasteiger charge is 2.37. The molecule has 7 rings (SSSR count). The van der Waals surface area contributed by atoms with Crippen LogP contribution in [0, 0.1) is 6.92 Å². The van der Waals surface area contributed by atoms with Crippen molar-refractivity contribution in [2.75, 3.05) is 13.1 Å². The van der Waals surface area contributed by atoms with Gasteiger partial charge in [-0.05, 0) is 62.1 Å². The first-order valence-electron chi connectivity index (χ1n) is 16.7. The molecule has 0 radical (unpaired) electrons. The molecule has 49 heavy (non-hydrogen) atoms. The number of carbonyl (C=O) groups excluding carboxylic acids is 2. The van der Waals surface area contributed by atoms with Crippen molar-refractivity contribution in [3.8, 4) is 17.2 Å². The van der Waals surface area contributed by atoms with Gasteiger partial charge in [0.25, 0.3) is 11.8 Å². The van der Waals surface area contributed by atoms with E-state index in [1.165, 1.54) is 12.5 Å². The number of aliphatic hydroxyl groups is 1. The number of carbonyl (C=O) groups is 2. The summed E-state index contributed by atoms with van der Waals surface area (Å²) >= 11 is 1.56. The average molecular weight is 678 g/mol. The Morgan fingerprint density at radius 3 is 2.61 bits per heavy atom. The normalized spacial score (nSPS) is 20.2. The zero-order chi connectivity index (χ0) is 33.7. The van der Waals surface area contributed by atoms with E-state index in [0.29, 0.717) is 42.9 Å². The Labute approximate surface area is 289 Å². The summed E-state index contributed by atoms with van der Waals surface area (Å²) < 4.78 is 11.7. The molecule has 5 atom stereocenters. The van der Waals surface area contributed by atoms with Crippen molar-refractivity contribution in [2.24, 2.45) is 0 Å². The lowest BCUT2D eigenvalue weighted by molar-refractivity contribution is 0.0720. The van der Waals surface area contributed by atoms with Gasteiger partial charge in [0, 0.05) is 53.3 Å². The smallest absolute Gasteiger partial charge is 0.254 e. The maximum atomic E-state index is 14.1. The van der Waals surface area contributed by atoms with Crippen molar-refractivity contribution < 1.29 is 23.8 Å². The van der Waals surface area contributed by atoms with Gasteiger partial charge in [0.05, 0.1) is 24.4 Å². The van der Waals surface area contributed by atoms with Crippen LogP contribution in [-0.2, 0) is 6.42 Å². The van der Waals surface area contributed by atoms with Gasteiger partial charge in [-0.2, -0.15) is 0 Å². The summed E-state index contributed by atoms with van der Waals surface area (Å²) in [7, 11) is 0. The van der Waals surface area contributed by atoms with E-state index in [9.17, 15) is 14.7 Å². The maximum absolute atomic E-state index is 14.1. The van der Waals surface area contributed by atoms with Gasteiger partial charge in [-0.15, -0.1) is 11.3 Å². The van der Waals surface area contributed by atoms with Crippen LogP contribution in [0.5, 0.6) is 5.75 Å². The van der Waals surface area contributed by atoms with Gasteiger partial charge in [-0.1, -0.05) is 48.5 Å². The number of aliphatic hydroxyl groups excluding tert-OH is 1. The molecule has 252 valence electrons. The van der Waals surface area contributed by atoms with E-state index >= 15 is 0 Å². The van der Waals surface area contributed by atoms with Crippen molar-refractivity contribution in [3.05, 3.63) is 124 Å². The first-order valence-corrected chi connectivity index (χ1v) is 17.5. The van der Waals surface area contributed by atoms with Crippen LogP contribution >= 0.6 is 11.3 Å². The second kappa shape index (κ2) is 14.7. The SMILES string of the molecule is Cc1csc(C2CCCN2C(=O)c2cc(C(=O)NC(Cc3ccccc3)C(O)C3CC(Oc4ccccc4)CN3)cc(-c3ncco3)c2)n1. The molecule has 0 saturated carbocycles. The standard InChI is InChI=1S/C38H39N5O5S/c1-24-23-49-37(41-24)33-13-8-15-43(33)38(46)28-19-26(18-27(20-28)36-39-14-16-47-36)35(45)42-32(17-25-9-4-2-5-10-25)34(44)31-21-30(22-40-31)48-29-11-6-3-7-12-29/h2-7,9-12,14,16,18-20,23,30-34,40,44H,8,13,15,17,21-22H2,1H3,(H,42,45). The fraction of sp³-hybridized carbons (Fsp3) is 0.316. The number of benzene rings is 3. The summed E-state index contributed by atoms with van der Waals surface area (Å²) in [6, 6.07) is 23.3. The molecule has 2 fully saturated rings. The van der Waals surface area contributed by atoms with Gasteiger partial charge in [0.15, 0.2) is 0 Å². The minimum absolute atomic E-state index is 0.118. The summed E-state index contributed by atoms with van der Waals surface area (Å²) in [5, 5.41) is 21.2. The number of amides is 2. The molecule has 4 heterocycles. The van der Waals surface area contributed by atoms with Crippen molar-refractivity contribution in [3.63, 3.8) is 0 Å². The number of thiazole rings is 1. The molecule has 5 unspecified atom stereocenters. The van der Waals surface area contributed by atoms with Crippen LogP contribution in [0.2, 0.25) is 0 Å². The van der Waals surface area contributed by atoms with Crippen LogP contribution in [-0.4, -0.2) is 69.2 Å². The van der Waals surface area contributed by atoms with E-state index in [1.54, 1.807) is 29.5 Å². The van der Waals surface area contributed by atoms with Gasteiger partial charge in [0.2, 0.25) is 5.89 Å². The molecule has 3 N–H and O–H groups in total. The fourth-order valence-corrected chi connectivity index (χ4v) is 7.70. The monoisotopic (exact) mass is 677 g/mol. The predicted octanol–water partition coefficient (Wildman–Crippen LogP) is 5.60. The van der Waals surface area contributed by atoms with Crippen LogP contribution < -0.4 is 15.4 Å². The Morgan fingerprint density at radius 1 is 1.10 bits per heavy atom. The highest BCUT2D eigenvalue weighted by molar-refractivity contribution is 7.09. The molecular formula is C38H39N5O5S. The first-order chi connectivity index (χ1) is 23.9. The number of nitrogens with zero attached hydrogens (tertiary/aromatic N) is 3. The number of ether oxygens (including phenoxy) is 1. The van der Waals surface area contributed by atoms with Crippen LogP contribution in [0.25, 0.3) is 11.5 Å². The Kier molecular flexibility index (Phi) is 9.83. The lowest BCUT2D eigenvalue weighted by Gasteiger charge is -2.29. The van der Waals surface area contributed by atoms with Gasteiger partial charge >= 0.3 is 0 Å². The number of oxazole rings is 1. The Hall–Kier alpha value is -4.84. The molecule has 2 aliphatic rings. The summed E-state index contributed by atoms with van der Waals surface area (Å²) in [4.78, 5) is 39.0. The third-order valence-corrected chi connectivity index (χ3v) is 10.2. The van der Waals surface area contributed by atoms with E-state index in [1.807, 2.05) is 77.9 Å². The van der Waals surface area contributed by atoms with Gasteiger partial charge < -0.3 is 29.8 Å². The van der Waals surface area contributed by atoms with Gasteiger partial charge in [0.1, 0.15) is 23.1 Å². The lowest BCUT2D eigenvalue weighted by Crippen LogP contribution is -2.52. The molecule has 0 aliphatic carbocycles. The number of hydrogen-bond acceptors (Lipinski definition) is 9. The van der Waals surface area contributed by atoms with Crippen molar-refractivity contribution >= 4 is 23.2 Å². The zero-order valence-corrected chi connectivity index (χ0v) is 28.0. The van der Waals surface area contributed by atoms with Crippen molar-refractivity contribution in [1.82, 2.24) is 25.5 Å². The van der Waals surface area contributed by atoms with Crippen molar-refractivity contribution in [2.45, 2.75) is 62.9 Å². The Morgan fingerprint density at radius 2 is 1.88 bits per heavy atom. The maximum Gasteiger partial charge on any atom is 0.254 e. The van der Waals surface area contributed by atoms with Crippen LogP contribution in [0.3, 0.4) is 0 Å². The minimum Gasteiger partial charge on any atom is -0.489 e. The predicted molar refractivity (Wildman–Crippen MR) is 186 cm³/mol. The lowest BCUT2D eigenvalue weighted by atomic mass is 9.94. The Balaban J connectivity index is 1.14. The second-order valence-corrected chi connectivity index (χ2v) is 13.6. The summed E-state index contributed by atoms with van der Waals surface area (Å²) in [6.07, 6.45) is 4.63. The zero-order valence-electron chi connectivity index (χ0n) is 27.2. The molecule has 5 aromatic rings. The van der Waals surface area contributed by atoms with Gasteiger partial charge in [-0.3, -0.25) is 9.59 Å². The third-order valence-electron chi connectivity index (χ3n) is 9.17. The van der Waals surface area contributed by atoms with Crippen molar-refractivity contribution in [1.29, 1.82) is 0 Å². The molecule has 2 saturated heterocycles. The van der Waals surface area contributed by atoms with Crippen LogP contribution in [0.1, 0.15) is 62.3 Å². The van der Waals surface area contributed by atoms with Crippen LogP contribution in [0.15, 0.2) is 101 Å². The summed E-state index contributed by atoms with van der Waals surface area (Å²) in [5.41, 5.74) is 3.06. The van der Waals surface area contributed by atoms with E-state index in [2.05, 4.69) is 20.6 Å². The molecule has 0 bridgehead atoms. The number of aryl methyl sites for hydroxylation is 1. The van der Waals surface area contributed by atoms with E-state index in [-0.39, 0.29) is 29.7 Å². The first kappa shape index (κ1) is 32.7. The number of para-hydroxylation sites is 1. The topological polar surface area (TPSA) is 130 Å². The molecule has 10 nitrogen and oxygen atoms in total. The second-order valence-electron chi connectivity index (χ2n) is 12.7. The minimum atomic E-state index is -0.920. The third kappa shape index (κ3) is 7.59. The molecular weight excluding hydrogens is 639 g/mol. The van der Waals surface area contributed by atoms with E-state index in [0.717, 1.165) is 34.9 Å². The highest BCUT2D eigenvalue weighted by Crippen LogP contribution is 2.35. The van der Waals surface area contributed by atoms with Crippen LogP contribution in [0.4, 0.5) is 0 Å². The molecule has 2 amide bonds. The fourth-order valence-electron chi connectivity index (χ4n) is 6.76. The molecule has 3 aromatic carbocycles. The largest absolute Gasteiger partial charge is 0.489 e. The Bertz CT molecular complexity index is 1870. The number of rotatable bonds is 11. The molecule has 2 aliphatic heterocycles. The van der Waals surface area contributed by atoms with Gasteiger partial charge in [-0.25, -0.2) is 9.97 Å². The average Bonchev–Trinajstić information content (AvgIpc) is 3.96. The molecule has 0 spiro atoms. The molecule has 11 heteroatoms. The number of nitrogens with one attached hydrogen (secondary N) is 2. The van der Waals surface area contributed by atoms with E-state index in [4.69, 9.17) is 9.15 Å². The number of aromatic nitrogens is 2. The van der Waals surface area contributed by atoms with E-state index < -0.39 is 18.1 Å². The number of hydrogen-bond donors (Lipinski definition) is 3. The number of likely N-dealkylation sites (tertiary alicyclic amines) is 1.